The van der Waals surface area contributed by atoms with Crippen LogP contribution in [-0.2, 0) is 16.1 Å². The number of carbonyl (C=O) groups excluding carboxylic acids is 2. The molecule has 5 nitrogen and oxygen atoms in total. The molecule has 2 amide bonds. The van der Waals surface area contributed by atoms with Gasteiger partial charge in [0.15, 0.2) is 0 Å². The quantitative estimate of drug-likeness (QED) is 0.941. The highest BCUT2D eigenvalue weighted by Crippen LogP contribution is 2.38. The fraction of sp³-hybridized carbons (Fsp3) is 0.263. The predicted octanol–water partition coefficient (Wildman–Crippen LogP) is 2.73. The molecule has 0 bridgehead atoms. The van der Waals surface area contributed by atoms with Gasteiger partial charge < -0.3 is 15.0 Å². The number of hydrogen-bond acceptors (Lipinski definition) is 3. The fourth-order valence-corrected chi connectivity index (χ4v) is 3.07. The van der Waals surface area contributed by atoms with E-state index >= 15 is 0 Å². The summed E-state index contributed by atoms with van der Waals surface area (Å²) in [6.07, 6.45) is 0. The van der Waals surface area contributed by atoms with Crippen LogP contribution in [-0.4, -0.2) is 18.9 Å². The van der Waals surface area contributed by atoms with Crippen molar-refractivity contribution in [1.82, 2.24) is 5.32 Å². The van der Waals surface area contributed by atoms with E-state index in [0.29, 0.717) is 6.54 Å². The van der Waals surface area contributed by atoms with Crippen LogP contribution in [0.25, 0.3) is 0 Å². The van der Waals surface area contributed by atoms with Crippen LogP contribution < -0.4 is 15.0 Å². The molecule has 1 heterocycles. The van der Waals surface area contributed by atoms with Crippen LogP contribution in [0.3, 0.4) is 0 Å². The van der Waals surface area contributed by atoms with Crippen molar-refractivity contribution in [2.45, 2.75) is 26.4 Å². The summed E-state index contributed by atoms with van der Waals surface area (Å²) in [6.45, 7) is 3.79. The van der Waals surface area contributed by atoms with Crippen molar-refractivity contribution >= 4 is 17.5 Å². The van der Waals surface area contributed by atoms with Gasteiger partial charge in [-0.3, -0.25) is 9.59 Å². The Kier molecular flexibility index (Phi) is 4.25. The summed E-state index contributed by atoms with van der Waals surface area (Å²) >= 11 is 0. The minimum Gasteiger partial charge on any atom is -0.496 e. The molecule has 1 aliphatic heterocycles. The summed E-state index contributed by atoms with van der Waals surface area (Å²) in [6, 6.07) is 12.8. The number of anilines is 1. The van der Waals surface area contributed by atoms with Crippen molar-refractivity contribution in [3.63, 3.8) is 0 Å². The highest BCUT2D eigenvalue weighted by atomic mass is 16.5. The Morgan fingerprint density at radius 2 is 2.00 bits per heavy atom. The number of methoxy groups -OCH3 is 1. The number of benzene rings is 2. The second-order valence-corrected chi connectivity index (χ2v) is 5.93. The third-order valence-corrected chi connectivity index (χ3v) is 4.17. The van der Waals surface area contributed by atoms with Crippen LogP contribution >= 0.6 is 0 Å². The van der Waals surface area contributed by atoms with Gasteiger partial charge >= 0.3 is 0 Å². The molecule has 0 fully saturated rings. The van der Waals surface area contributed by atoms with Gasteiger partial charge in [0, 0.05) is 23.7 Å². The Bertz CT molecular complexity index is 801. The number of nitrogens with one attached hydrogen (secondary N) is 1. The fourth-order valence-electron chi connectivity index (χ4n) is 3.07. The summed E-state index contributed by atoms with van der Waals surface area (Å²) in [5.41, 5.74) is 3.64. The molecule has 1 aliphatic rings. The first-order valence-corrected chi connectivity index (χ1v) is 7.82. The molecule has 5 heteroatoms. The first kappa shape index (κ1) is 16.1. The first-order chi connectivity index (χ1) is 11.5. The van der Waals surface area contributed by atoms with Crippen molar-refractivity contribution in [2.75, 3.05) is 12.0 Å². The normalized spacial score (nSPS) is 16.0. The van der Waals surface area contributed by atoms with Crippen LogP contribution in [0.2, 0.25) is 0 Å². The standard InChI is InChI=1S/C19H20N2O3/c1-12-8-9-16-15(10-12)18(20-13(2)22)19(23)21(16)11-14-6-4-5-7-17(14)24-3/h4-10,18H,11H2,1-3H3,(H,20,22)/t18-/m0/s1. The lowest BCUT2D eigenvalue weighted by molar-refractivity contribution is -0.126. The maximum atomic E-state index is 12.9. The van der Waals surface area contributed by atoms with Crippen molar-refractivity contribution in [3.05, 3.63) is 59.2 Å². The van der Waals surface area contributed by atoms with Gasteiger partial charge in [-0.15, -0.1) is 0 Å². The minimum absolute atomic E-state index is 0.128. The van der Waals surface area contributed by atoms with Gasteiger partial charge in [0.1, 0.15) is 11.8 Å². The van der Waals surface area contributed by atoms with E-state index in [1.54, 1.807) is 12.0 Å². The number of fused-ring (bicyclic) bond motifs is 1. The Labute approximate surface area is 141 Å². The summed E-state index contributed by atoms with van der Waals surface area (Å²) < 4.78 is 5.38. The average Bonchev–Trinajstić information content (AvgIpc) is 2.80. The Morgan fingerprint density at radius 3 is 2.71 bits per heavy atom. The Morgan fingerprint density at radius 1 is 1.25 bits per heavy atom. The molecule has 0 saturated heterocycles. The second kappa shape index (κ2) is 6.35. The number of carbonyl (C=O) groups is 2. The van der Waals surface area contributed by atoms with Crippen molar-refractivity contribution < 1.29 is 14.3 Å². The lowest BCUT2D eigenvalue weighted by Crippen LogP contribution is -2.36. The lowest BCUT2D eigenvalue weighted by Gasteiger charge is -2.19. The zero-order chi connectivity index (χ0) is 17.3. The summed E-state index contributed by atoms with van der Waals surface area (Å²) in [4.78, 5) is 26.1. The number of aryl methyl sites for hydroxylation is 1. The number of amides is 2. The average molecular weight is 324 g/mol. The molecule has 0 saturated carbocycles. The van der Waals surface area contributed by atoms with Gasteiger partial charge in [-0.1, -0.05) is 35.9 Å². The zero-order valence-electron chi connectivity index (χ0n) is 14.0. The summed E-state index contributed by atoms with van der Waals surface area (Å²) in [7, 11) is 1.61. The highest BCUT2D eigenvalue weighted by molar-refractivity contribution is 6.06. The number of ether oxygens (including phenoxy) is 1. The van der Waals surface area contributed by atoms with Crippen LogP contribution in [0.1, 0.15) is 29.7 Å². The van der Waals surface area contributed by atoms with E-state index < -0.39 is 6.04 Å². The van der Waals surface area contributed by atoms with Crippen molar-refractivity contribution in [2.24, 2.45) is 0 Å². The molecule has 1 atom stereocenters. The molecule has 0 aliphatic carbocycles. The molecule has 24 heavy (non-hydrogen) atoms. The molecule has 1 N–H and O–H groups in total. The largest absolute Gasteiger partial charge is 0.496 e. The van der Waals surface area contributed by atoms with Crippen molar-refractivity contribution in [1.29, 1.82) is 0 Å². The monoisotopic (exact) mass is 324 g/mol. The molecule has 0 aromatic heterocycles. The van der Waals surface area contributed by atoms with Gasteiger partial charge in [-0.05, 0) is 19.1 Å². The Balaban J connectivity index is 2.00. The topological polar surface area (TPSA) is 58.6 Å². The van der Waals surface area contributed by atoms with E-state index in [9.17, 15) is 9.59 Å². The van der Waals surface area contributed by atoms with E-state index in [1.165, 1.54) is 6.92 Å². The molecule has 3 rings (SSSR count). The van der Waals surface area contributed by atoms with Crippen LogP contribution in [0.15, 0.2) is 42.5 Å². The molecule has 2 aromatic rings. The predicted molar refractivity (Wildman–Crippen MR) is 91.9 cm³/mol. The van der Waals surface area contributed by atoms with E-state index in [0.717, 1.165) is 28.1 Å². The second-order valence-electron chi connectivity index (χ2n) is 5.93. The lowest BCUT2D eigenvalue weighted by atomic mass is 10.1. The number of rotatable bonds is 4. The molecule has 124 valence electrons. The first-order valence-electron chi connectivity index (χ1n) is 7.82. The van der Waals surface area contributed by atoms with Gasteiger partial charge in [0.05, 0.1) is 13.7 Å². The third kappa shape index (κ3) is 2.85. The summed E-state index contributed by atoms with van der Waals surface area (Å²) in [5, 5.41) is 2.76. The van der Waals surface area contributed by atoms with Gasteiger partial charge in [-0.25, -0.2) is 0 Å². The van der Waals surface area contributed by atoms with Crippen molar-refractivity contribution in [3.8, 4) is 5.75 Å². The number of nitrogens with zero attached hydrogens (tertiary/aromatic N) is 1. The van der Waals surface area contributed by atoms with E-state index in [1.807, 2.05) is 49.4 Å². The van der Waals surface area contributed by atoms with Gasteiger partial charge in [0.25, 0.3) is 5.91 Å². The maximum Gasteiger partial charge on any atom is 0.254 e. The van der Waals surface area contributed by atoms with Gasteiger partial charge in [-0.2, -0.15) is 0 Å². The summed E-state index contributed by atoms with van der Waals surface area (Å²) in [5.74, 6) is 0.388. The minimum atomic E-state index is -0.632. The number of hydrogen-bond donors (Lipinski definition) is 1. The molecular weight excluding hydrogens is 304 g/mol. The molecule has 0 radical (unpaired) electrons. The van der Waals surface area contributed by atoms with Gasteiger partial charge in [0.2, 0.25) is 5.91 Å². The highest BCUT2D eigenvalue weighted by Gasteiger charge is 2.38. The molecule has 0 unspecified atom stereocenters. The van der Waals surface area contributed by atoms with E-state index in [-0.39, 0.29) is 11.8 Å². The van der Waals surface area contributed by atoms with Crippen LogP contribution in [0, 0.1) is 6.92 Å². The zero-order valence-corrected chi connectivity index (χ0v) is 14.0. The molecular formula is C19H20N2O3. The molecule has 0 spiro atoms. The van der Waals surface area contributed by atoms with Crippen LogP contribution in [0.5, 0.6) is 5.75 Å². The SMILES string of the molecule is COc1ccccc1CN1C(=O)[C@@H](NC(C)=O)c2cc(C)ccc21. The number of para-hydroxylation sites is 1. The van der Waals surface area contributed by atoms with E-state index in [2.05, 4.69) is 5.32 Å². The van der Waals surface area contributed by atoms with Crippen LogP contribution in [0.4, 0.5) is 5.69 Å². The maximum absolute atomic E-state index is 12.9. The molecule has 2 aromatic carbocycles. The smallest absolute Gasteiger partial charge is 0.254 e. The third-order valence-electron chi connectivity index (χ3n) is 4.17. The Hall–Kier alpha value is -2.82. The van der Waals surface area contributed by atoms with E-state index in [4.69, 9.17) is 4.74 Å².